The fraction of sp³-hybridized carbons (Fsp3) is 0.600. The van der Waals surface area contributed by atoms with Crippen molar-refractivity contribution in [3.05, 3.63) is 29.6 Å². The van der Waals surface area contributed by atoms with Gasteiger partial charge in [-0.05, 0) is 57.0 Å². The monoisotopic (exact) mass is 342 g/mol. The van der Waals surface area contributed by atoms with E-state index in [1.54, 1.807) is 0 Å². The summed E-state index contributed by atoms with van der Waals surface area (Å²) in [7, 11) is 0. The molecule has 0 saturated carbocycles. The quantitative estimate of drug-likeness (QED) is 0.758. The zero-order valence-corrected chi connectivity index (χ0v) is 15.5. The lowest BCUT2D eigenvalue weighted by Gasteiger charge is -2.30. The van der Waals surface area contributed by atoms with E-state index < -0.39 is 0 Å². The molecular formula is C20H30N4O. The minimum Gasteiger partial charge on any atom is -0.356 e. The Hall–Kier alpha value is -1.88. The van der Waals surface area contributed by atoms with Gasteiger partial charge in [-0.2, -0.15) is 0 Å². The summed E-state index contributed by atoms with van der Waals surface area (Å²) >= 11 is 0. The zero-order valence-electron chi connectivity index (χ0n) is 15.5. The molecule has 25 heavy (non-hydrogen) atoms. The number of amides is 1. The van der Waals surface area contributed by atoms with Crippen LogP contribution in [-0.4, -0.2) is 40.4 Å². The van der Waals surface area contributed by atoms with E-state index in [4.69, 9.17) is 0 Å². The predicted octanol–water partition coefficient (Wildman–Crippen LogP) is 3.39. The summed E-state index contributed by atoms with van der Waals surface area (Å²) < 4.78 is 0. The fourth-order valence-corrected chi connectivity index (χ4v) is 3.55. The molecule has 0 unspecified atom stereocenters. The van der Waals surface area contributed by atoms with Crippen molar-refractivity contribution in [3.8, 4) is 0 Å². The Balaban J connectivity index is 1.46. The third-order valence-corrected chi connectivity index (χ3v) is 5.10. The number of likely N-dealkylation sites (tertiary alicyclic amines) is 1. The number of unbranched alkanes of at least 4 members (excludes halogenated alkanes) is 2. The molecule has 1 amide bonds. The van der Waals surface area contributed by atoms with Gasteiger partial charge in [0.2, 0.25) is 5.91 Å². The van der Waals surface area contributed by atoms with Crippen molar-refractivity contribution >= 4 is 16.9 Å². The fourth-order valence-electron chi connectivity index (χ4n) is 3.55. The first-order chi connectivity index (χ1) is 12.2. The van der Waals surface area contributed by atoms with Crippen LogP contribution in [0.5, 0.6) is 0 Å². The molecule has 0 bridgehead atoms. The highest BCUT2D eigenvalue weighted by Gasteiger charge is 2.25. The van der Waals surface area contributed by atoms with Crippen LogP contribution in [0.2, 0.25) is 0 Å². The number of rotatable bonds is 7. The molecule has 2 heterocycles. The molecule has 1 aromatic heterocycles. The summed E-state index contributed by atoms with van der Waals surface area (Å²) in [6.45, 7) is 7.86. The molecule has 0 spiro atoms. The van der Waals surface area contributed by atoms with E-state index in [-0.39, 0.29) is 11.8 Å². The van der Waals surface area contributed by atoms with Gasteiger partial charge in [0, 0.05) is 12.5 Å². The largest absolute Gasteiger partial charge is 0.356 e. The highest BCUT2D eigenvalue weighted by molar-refractivity contribution is 5.78. The smallest absolute Gasteiger partial charge is 0.223 e. The van der Waals surface area contributed by atoms with Gasteiger partial charge in [0.25, 0.3) is 0 Å². The molecule has 0 aliphatic carbocycles. The Morgan fingerprint density at radius 1 is 1.32 bits per heavy atom. The van der Waals surface area contributed by atoms with Gasteiger partial charge in [-0.3, -0.25) is 9.69 Å². The van der Waals surface area contributed by atoms with Gasteiger partial charge in [-0.25, -0.2) is 4.98 Å². The number of carbonyl (C=O) groups excluding carboxylic acids is 1. The number of nitrogens with one attached hydrogen (secondary N) is 2. The number of H-pyrrole nitrogens is 1. The maximum absolute atomic E-state index is 12.2. The lowest BCUT2D eigenvalue weighted by Crippen LogP contribution is -2.40. The predicted molar refractivity (Wildman–Crippen MR) is 101 cm³/mol. The van der Waals surface area contributed by atoms with E-state index in [9.17, 15) is 4.79 Å². The van der Waals surface area contributed by atoms with Crippen molar-refractivity contribution in [2.24, 2.45) is 5.92 Å². The molecule has 5 heteroatoms. The maximum atomic E-state index is 12.2. The first kappa shape index (κ1) is 17.9. The Kier molecular flexibility index (Phi) is 6.08. The van der Waals surface area contributed by atoms with Crippen LogP contribution in [-0.2, 0) is 11.3 Å². The van der Waals surface area contributed by atoms with Crippen LogP contribution in [0.3, 0.4) is 0 Å². The highest BCUT2D eigenvalue weighted by atomic mass is 16.1. The van der Waals surface area contributed by atoms with Crippen molar-refractivity contribution in [1.82, 2.24) is 20.2 Å². The van der Waals surface area contributed by atoms with E-state index >= 15 is 0 Å². The third-order valence-electron chi connectivity index (χ3n) is 5.10. The van der Waals surface area contributed by atoms with Gasteiger partial charge < -0.3 is 10.3 Å². The average molecular weight is 342 g/mol. The Bertz CT molecular complexity index is 701. The van der Waals surface area contributed by atoms with Gasteiger partial charge >= 0.3 is 0 Å². The number of imidazole rings is 1. The van der Waals surface area contributed by atoms with Crippen LogP contribution in [0.1, 0.15) is 50.4 Å². The molecule has 1 aliphatic heterocycles. The number of aromatic amines is 1. The molecule has 136 valence electrons. The maximum Gasteiger partial charge on any atom is 0.223 e. The number of hydrogen-bond donors (Lipinski definition) is 2. The van der Waals surface area contributed by atoms with Gasteiger partial charge in [0.15, 0.2) is 0 Å². The van der Waals surface area contributed by atoms with E-state index in [2.05, 4.69) is 52.2 Å². The van der Waals surface area contributed by atoms with Crippen LogP contribution >= 0.6 is 0 Å². The van der Waals surface area contributed by atoms with Crippen LogP contribution in [0.25, 0.3) is 11.0 Å². The average Bonchev–Trinajstić information content (AvgIpc) is 3.00. The number of benzene rings is 1. The van der Waals surface area contributed by atoms with Gasteiger partial charge in [0.1, 0.15) is 5.82 Å². The topological polar surface area (TPSA) is 61.0 Å². The molecule has 0 radical (unpaired) electrons. The van der Waals surface area contributed by atoms with E-state index in [1.165, 1.54) is 18.4 Å². The summed E-state index contributed by atoms with van der Waals surface area (Å²) in [4.78, 5) is 22.7. The molecular weight excluding hydrogens is 312 g/mol. The van der Waals surface area contributed by atoms with Gasteiger partial charge in [-0.1, -0.05) is 25.8 Å². The molecule has 1 aromatic carbocycles. The van der Waals surface area contributed by atoms with E-state index in [0.717, 1.165) is 62.3 Å². The molecule has 3 rings (SSSR count). The normalized spacial score (nSPS) is 16.4. The van der Waals surface area contributed by atoms with Gasteiger partial charge in [-0.15, -0.1) is 0 Å². The number of hydrogen-bond acceptors (Lipinski definition) is 3. The standard InChI is InChI=1S/C20H30N4O/c1-3-4-5-10-21-20(25)16-8-11-24(12-9-16)14-19-22-17-7-6-15(2)13-18(17)23-19/h6-7,13,16H,3-5,8-12,14H2,1-2H3,(H,21,25)(H,22,23). The van der Waals surface area contributed by atoms with Crippen molar-refractivity contribution in [2.75, 3.05) is 19.6 Å². The van der Waals surface area contributed by atoms with Crippen LogP contribution in [0, 0.1) is 12.8 Å². The summed E-state index contributed by atoms with van der Waals surface area (Å²) in [6.07, 6.45) is 5.36. The van der Waals surface area contributed by atoms with Crippen LogP contribution in [0.15, 0.2) is 18.2 Å². The van der Waals surface area contributed by atoms with Crippen molar-refractivity contribution < 1.29 is 4.79 Å². The molecule has 1 aliphatic rings. The third kappa shape index (κ3) is 4.82. The summed E-state index contributed by atoms with van der Waals surface area (Å²) in [5.41, 5.74) is 3.38. The Morgan fingerprint density at radius 2 is 2.12 bits per heavy atom. The Labute approximate surface area is 150 Å². The number of aryl methyl sites for hydroxylation is 1. The summed E-state index contributed by atoms with van der Waals surface area (Å²) in [5, 5.41) is 3.10. The van der Waals surface area contributed by atoms with E-state index in [1.807, 2.05) is 0 Å². The van der Waals surface area contributed by atoms with E-state index in [0.29, 0.717) is 0 Å². The molecule has 2 aromatic rings. The SMILES string of the molecule is CCCCCNC(=O)C1CCN(Cc2nc3ccc(C)cc3[nH]2)CC1. The first-order valence-corrected chi connectivity index (χ1v) is 9.61. The lowest BCUT2D eigenvalue weighted by atomic mass is 9.96. The molecule has 5 nitrogen and oxygen atoms in total. The second-order valence-electron chi connectivity index (χ2n) is 7.25. The minimum absolute atomic E-state index is 0.177. The second kappa shape index (κ2) is 8.48. The number of carbonyl (C=O) groups is 1. The number of piperidine rings is 1. The van der Waals surface area contributed by atoms with Crippen LogP contribution in [0.4, 0.5) is 0 Å². The first-order valence-electron chi connectivity index (χ1n) is 9.61. The van der Waals surface area contributed by atoms with Crippen molar-refractivity contribution in [2.45, 2.75) is 52.5 Å². The number of aromatic nitrogens is 2. The molecule has 1 saturated heterocycles. The van der Waals surface area contributed by atoms with Crippen molar-refractivity contribution in [3.63, 3.8) is 0 Å². The summed E-state index contributed by atoms with van der Waals surface area (Å²) in [6, 6.07) is 6.30. The zero-order chi connectivity index (χ0) is 17.6. The van der Waals surface area contributed by atoms with Crippen LogP contribution < -0.4 is 5.32 Å². The lowest BCUT2D eigenvalue weighted by molar-refractivity contribution is -0.126. The minimum atomic E-state index is 0.177. The second-order valence-corrected chi connectivity index (χ2v) is 7.25. The van der Waals surface area contributed by atoms with Crippen molar-refractivity contribution in [1.29, 1.82) is 0 Å². The highest BCUT2D eigenvalue weighted by Crippen LogP contribution is 2.20. The molecule has 1 fully saturated rings. The number of fused-ring (bicyclic) bond motifs is 1. The molecule has 2 N–H and O–H groups in total. The van der Waals surface area contributed by atoms with Gasteiger partial charge in [0.05, 0.1) is 17.6 Å². The summed E-state index contributed by atoms with van der Waals surface area (Å²) in [5.74, 6) is 1.44. The molecule has 0 atom stereocenters. The Morgan fingerprint density at radius 3 is 2.88 bits per heavy atom. The number of nitrogens with zero attached hydrogens (tertiary/aromatic N) is 2.